The summed E-state index contributed by atoms with van der Waals surface area (Å²) in [6, 6.07) is 8.40. The molecule has 1 heterocycles. The molecule has 0 unspecified atom stereocenters. The second kappa shape index (κ2) is 8.52. The van der Waals surface area contributed by atoms with E-state index in [0.29, 0.717) is 12.3 Å². The van der Waals surface area contributed by atoms with Crippen LogP contribution in [-0.4, -0.2) is 28.2 Å². The molecule has 2 N–H and O–H groups in total. The fourth-order valence-electron chi connectivity index (χ4n) is 2.03. The van der Waals surface area contributed by atoms with Crippen LogP contribution in [0.25, 0.3) is 0 Å². The van der Waals surface area contributed by atoms with Crippen molar-refractivity contribution in [3.63, 3.8) is 0 Å². The monoisotopic (exact) mass is 303 g/mol. The molecule has 0 aliphatic carbocycles. The minimum absolute atomic E-state index is 0.104. The van der Waals surface area contributed by atoms with Gasteiger partial charge < -0.3 is 10.3 Å². The Hall–Kier alpha value is -1.75. The number of benzene rings is 1. The number of hydrogen-bond donors (Lipinski definition) is 2. The first-order chi connectivity index (χ1) is 10.2. The maximum absolute atomic E-state index is 11.7. The van der Waals surface area contributed by atoms with E-state index >= 15 is 0 Å². The van der Waals surface area contributed by atoms with Crippen molar-refractivity contribution in [3.05, 3.63) is 53.6 Å². The summed E-state index contributed by atoms with van der Waals surface area (Å²) < 4.78 is 0. The summed E-state index contributed by atoms with van der Waals surface area (Å²) in [7, 11) is 0. The first-order valence-corrected chi connectivity index (χ1v) is 8.28. The molecule has 0 spiro atoms. The standard InChI is InChI=1S/C16H21N3OS/c1-13-4-2-5-14(10-13)11-21-12-16(20)19-7-3-6-15-17-8-9-18-15/h2,4-5,8-10H,3,6-7,11-12H2,1H3,(H,17,18)(H,19,20). The van der Waals surface area contributed by atoms with E-state index in [2.05, 4.69) is 46.5 Å². The molecule has 0 aliphatic rings. The molecular weight excluding hydrogens is 282 g/mol. The minimum Gasteiger partial charge on any atom is -0.355 e. The molecule has 112 valence electrons. The highest BCUT2D eigenvalue weighted by atomic mass is 32.2. The molecule has 2 aromatic rings. The van der Waals surface area contributed by atoms with E-state index in [4.69, 9.17) is 0 Å². The Morgan fingerprint density at radius 1 is 1.43 bits per heavy atom. The third-order valence-electron chi connectivity index (χ3n) is 3.05. The fourth-order valence-corrected chi connectivity index (χ4v) is 2.84. The lowest BCUT2D eigenvalue weighted by atomic mass is 10.2. The lowest BCUT2D eigenvalue weighted by Crippen LogP contribution is -2.26. The van der Waals surface area contributed by atoms with Gasteiger partial charge in [-0.15, -0.1) is 11.8 Å². The third kappa shape index (κ3) is 6.04. The van der Waals surface area contributed by atoms with E-state index in [1.165, 1.54) is 11.1 Å². The smallest absolute Gasteiger partial charge is 0.230 e. The van der Waals surface area contributed by atoms with Crippen molar-refractivity contribution < 1.29 is 4.79 Å². The van der Waals surface area contributed by atoms with Gasteiger partial charge in [-0.1, -0.05) is 29.8 Å². The zero-order chi connectivity index (χ0) is 14.9. The summed E-state index contributed by atoms with van der Waals surface area (Å²) in [5.41, 5.74) is 2.53. The van der Waals surface area contributed by atoms with Crippen molar-refractivity contribution >= 4 is 17.7 Å². The van der Waals surface area contributed by atoms with Crippen LogP contribution in [0, 0.1) is 6.92 Å². The van der Waals surface area contributed by atoms with Crippen molar-refractivity contribution in [1.82, 2.24) is 15.3 Å². The Labute approximate surface area is 129 Å². The summed E-state index contributed by atoms with van der Waals surface area (Å²) in [6.45, 7) is 2.78. The summed E-state index contributed by atoms with van der Waals surface area (Å²) in [5, 5.41) is 2.94. The van der Waals surface area contributed by atoms with Crippen LogP contribution in [0.15, 0.2) is 36.7 Å². The van der Waals surface area contributed by atoms with Gasteiger partial charge in [0.1, 0.15) is 5.82 Å². The van der Waals surface area contributed by atoms with Gasteiger partial charge in [-0.25, -0.2) is 4.98 Å². The van der Waals surface area contributed by atoms with E-state index in [1.54, 1.807) is 18.0 Å². The molecule has 0 fully saturated rings. The lowest BCUT2D eigenvalue weighted by molar-refractivity contribution is -0.118. The van der Waals surface area contributed by atoms with Crippen LogP contribution in [0.4, 0.5) is 0 Å². The van der Waals surface area contributed by atoms with Gasteiger partial charge in [0.25, 0.3) is 0 Å². The molecule has 5 heteroatoms. The number of carbonyl (C=O) groups is 1. The van der Waals surface area contributed by atoms with E-state index in [-0.39, 0.29) is 5.91 Å². The number of aromatic amines is 1. The molecule has 1 aromatic carbocycles. The number of nitrogens with one attached hydrogen (secondary N) is 2. The van der Waals surface area contributed by atoms with Crippen LogP contribution in [0.5, 0.6) is 0 Å². The molecule has 2 rings (SSSR count). The first-order valence-electron chi connectivity index (χ1n) is 7.12. The van der Waals surface area contributed by atoms with E-state index < -0.39 is 0 Å². The molecule has 1 amide bonds. The highest BCUT2D eigenvalue weighted by Gasteiger charge is 2.02. The largest absolute Gasteiger partial charge is 0.355 e. The number of nitrogens with zero attached hydrogens (tertiary/aromatic N) is 1. The SMILES string of the molecule is Cc1cccc(CSCC(=O)NCCCc2ncc[nH]2)c1. The second-order valence-corrected chi connectivity index (χ2v) is 5.96. The molecule has 0 atom stereocenters. The quantitative estimate of drug-likeness (QED) is 0.737. The number of amides is 1. The van der Waals surface area contributed by atoms with Gasteiger partial charge in [-0.05, 0) is 18.9 Å². The molecule has 4 nitrogen and oxygen atoms in total. The van der Waals surface area contributed by atoms with E-state index in [1.807, 2.05) is 6.20 Å². The van der Waals surface area contributed by atoms with Crippen LogP contribution >= 0.6 is 11.8 Å². The number of aryl methyl sites for hydroxylation is 2. The van der Waals surface area contributed by atoms with E-state index in [9.17, 15) is 4.79 Å². The van der Waals surface area contributed by atoms with Gasteiger partial charge in [-0.3, -0.25) is 4.79 Å². The Balaban J connectivity index is 1.55. The summed E-state index contributed by atoms with van der Waals surface area (Å²) >= 11 is 1.65. The lowest BCUT2D eigenvalue weighted by Gasteiger charge is -2.05. The van der Waals surface area contributed by atoms with Gasteiger partial charge in [0.15, 0.2) is 0 Å². The molecule has 0 radical (unpaired) electrons. The maximum Gasteiger partial charge on any atom is 0.230 e. The van der Waals surface area contributed by atoms with Gasteiger partial charge in [0, 0.05) is 31.1 Å². The van der Waals surface area contributed by atoms with Crippen molar-refractivity contribution in [3.8, 4) is 0 Å². The molecule has 1 aromatic heterocycles. The van der Waals surface area contributed by atoms with Crippen LogP contribution in [0.3, 0.4) is 0 Å². The maximum atomic E-state index is 11.7. The van der Waals surface area contributed by atoms with Crippen molar-refractivity contribution in [2.45, 2.75) is 25.5 Å². The van der Waals surface area contributed by atoms with Crippen molar-refractivity contribution in [1.29, 1.82) is 0 Å². The predicted molar refractivity (Wildman–Crippen MR) is 87.3 cm³/mol. The molecule has 0 aliphatic heterocycles. The zero-order valence-electron chi connectivity index (χ0n) is 12.3. The molecule has 21 heavy (non-hydrogen) atoms. The summed E-state index contributed by atoms with van der Waals surface area (Å²) in [6.07, 6.45) is 5.33. The normalized spacial score (nSPS) is 10.5. The number of aromatic nitrogens is 2. The summed E-state index contributed by atoms with van der Waals surface area (Å²) in [4.78, 5) is 18.9. The Kier molecular flexibility index (Phi) is 6.34. The Morgan fingerprint density at radius 2 is 2.33 bits per heavy atom. The molecule has 0 bridgehead atoms. The first kappa shape index (κ1) is 15.6. The minimum atomic E-state index is 0.104. The Morgan fingerprint density at radius 3 is 3.10 bits per heavy atom. The van der Waals surface area contributed by atoms with Gasteiger partial charge in [0.2, 0.25) is 5.91 Å². The van der Waals surface area contributed by atoms with Gasteiger partial charge in [0.05, 0.1) is 5.75 Å². The van der Waals surface area contributed by atoms with Crippen LogP contribution in [-0.2, 0) is 17.0 Å². The van der Waals surface area contributed by atoms with Crippen LogP contribution in [0.2, 0.25) is 0 Å². The number of imidazole rings is 1. The second-order valence-electron chi connectivity index (χ2n) is 4.97. The number of rotatable bonds is 8. The topological polar surface area (TPSA) is 57.8 Å². The number of H-pyrrole nitrogens is 1. The van der Waals surface area contributed by atoms with Crippen molar-refractivity contribution in [2.24, 2.45) is 0 Å². The van der Waals surface area contributed by atoms with E-state index in [0.717, 1.165) is 24.4 Å². The van der Waals surface area contributed by atoms with Gasteiger partial charge in [-0.2, -0.15) is 0 Å². The number of thioether (sulfide) groups is 1. The average molecular weight is 303 g/mol. The number of carbonyl (C=O) groups excluding carboxylic acids is 1. The summed E-state index contributed by atoms with van der Waals surface area (Å²) in [5.74, 6) is 2.46. The zero-order valence-corrected chi connectivity index (χ0v) is 13.1. The third-order valence-corrected chi connectivity index (χ3v) is 4.06. The predicted octanol–water partition coefficient (Wildman–Crippen LogP) is 2.70. The number of hydrogen-bond acceptors (Lipinski definition) is 3. The van der Waals surface area contributed by atoms with Crippen LogP contribution < -0.4 is 5.32 Å². The Bertz CT molecular complexity index is 554. The van der Waals surface area contributed by atoms with Gasteiger partial charge >= 0.3 is 0 Å². The fraction of sp³-hybridized carbons (Fsp3) is 0.375. The molecule has 0 saturated heterocycles. The average Bonchev–Trinajstić information content (AvgIpc) is 2.97. The van der Waals surface area contributed by atoms with Crippen molar-refractivity contribution in [2.75, 3.05) is 12.3 Å². The van der Waals surface area contributed by atoms with Crippen LogP contribution in [0.1, 0.15) is 23.4 Å². The highest BCUT2D eigenvalue weighted by Crippen LogP contribution is 2.13. The molecular formula is C16H21N3OS. The highest BCUT2D eigenvalue weighted by molar-refractivity contribution is 7.99. The molecule has 0 saturated carbocycles.